The molecule has 2 amide bonds. The smallest absolute Gasteiger partial charge is 0.249 e. The first-order valence-electron chi connectivity index (χ1n) is 10.0. The number of ether oxygens (including phenoxy) is 1. The molecular formula is C22H30N2O3. The number of carbonyl (C=O) groups is 2. The van der Waals surface area contributed by atoms with Gasteiger partial charge in [0.25, 0.3) is 0 Å². The van der Waals surface area contributed by atoms with Crippen LogP contribution in [0.5, 0.6) is 5.75 Å². The van der Waals surface area contributed by atoms with Gasteiger partial charge in [0.05, 0.1) is 7.11 Å². The SMILES string of the molecule is COc1cccc(CNC(=O)CC[C@@H]2CCCN(C(=O)C3=CCCC3)C2)c1. The van der Waals surface area contributed by atoms with Crippen molar-refractivity contribution in [3.05, 3.63) is 41.5 Å². The Balaban J connectivity index is 1.40. The first-order valence-corrected chi connectivity index (χ1v) is 10.0. The second kappa shape index (κ2) is 9.58. The van der Waals surface area contributed by atoms with E-state index < -0.39 is 0 Å². The van der Waals surface area contributed by atoms with E-state index >= 15 is 0 Å². The van der Waals surface area contributed by atoms with Crippen LogP contribution in [0.15, 0.2) is 35.9 Å². The summed E-state index contributed by atoms with van der Waals surface area (Å²) in [6.07, 6.45) is 8.65. The fourth-order valence-electron chi connectivity index (χ4n) is 3.96. The molecule has 0 spiro atoms. The predicted octanol–water partition coefficient (Wildman–Crippen LogP) is 3.44. The number of amides is 2. The highest BCUT2D eigenvalue weighted by Crippen LogP contribution is 2.25. The monoisotopic (exact) mass is 370 g/mol. The molecule has 1 atom stereocenters. The quantitative estimate of drug-likeness (QED) is 0.800. The summed E-state index contributed by atoms with van der Waals surface area (Å²) in [4.78, 5) is 26.8. The normalized spacial score (nSPS) is 19.5. The van der Waals surface area contributed by atoms with Crippen molar-refractivity contribution >= 4 is 11.8 Å². The minimum absolute atomic E-state index is 0.0692. The van der Waals surface area contributed by atoms with Crippen molar-refractivity contribution in [2.45, 2.75) is 51.5 Å². The lowest BCUT2D eigenvalue weighted by molar-refractivity contribution is -0.129. The van der Waals surface area contributed by atoms with Crippen molar-refractivity contribution in [3.63, 3.8) is 0 Å². The molecule has 1 aromatic carbocycles. The molecule has 1 fully saturated rings. The first kappa shape index (κ1) is 19.5. The number of benzene rings is 1. The number of likely N-dealkylation sites (tertiary alicyclic amines) is 1. The van der Waals surface area contributed by atoms with E-state index in [1.54, 1.807) is 7.11 Å². The van der Waals surface area contributed by atoms with E-state index in [2.05, 4.69) is 11.4 Å². The van der Waals surface area contributed by atoms with Gasteiger partial charge in [0.15, 0.2) is 0 Å². The van der Waals surface area contributed by atoms with E-state index in [1.165, 1.54) is 0 Å². The maximum Gasteiger partial charge on any atom is 0.249 e. The van der Waals surface area contributed by atoms with Crippen LogP contribution < -0.4 is 10.1 Å². The summed E-state index contributed by atoms with van der Waals surface area (Å²) in [7, 11) is 1.64. The summed E-state index contributed by atoms with van der Waals surface area (Å²) in [5.41, 5.74) is 2.02. The second-order valence-electron chi connectivity index (χ2n) is 7.55. The van der Waals surface area contributed by atoms with Crippen LogP contribution in [0, 0.1) is 5.92 Å². The summed E-state index contributed by atoms with van der Waals surface area (Å²) >= 11 is 0. The molecule has 5 heteroatoms. The summed E-state index contributed by atoms with van der Waals surface area (Å²) in [6, 6.07) is 7.73. The average Bonchev–Trinajstić information content (AvgIpc) is 3.25. The van der Waals surface area contributed by atoms with Gasteiger partial charge in [0.2, 0.25) is 11.8 Å². The molecule has 3 rings (SSSR count). The number of nitrogens with one attached hydrogen (secondary N) is 1. The summed E-state index contributed by atoms with van der Waals surface area (Å²) < 4.78 is 5.21. The molecule has 27 heavy (non-hydrogen) atoms. The van der Waals surface area contributed by atoms with E-state index in [9.17, 15) is 9.59 Å². The van der Waals surface area contributed by atoms with E-state index in [1.807, 2.05) is 29.2 Å². The van der Waals surface area contributed by atoms with Gasteiger partial charge in [-0.3, -0.25) is 9.59 Å². The van der Waals surface area contributed by atoms with Gasteiger partial charge in [-0.25, -0.2) is 0 Å². The number of hydrogen-bond acceptors (Lipinski definition) is 3. The maximum atomic E-state index is 12.6. The summed E-state index contributed by atoms with van der Waals surface area (Å²) in [5.74, 6) is 1.51. The molecule has 146 valence electrons. The zero-order chi connectivity index (χ0) is 19.1. The molecule has 1 N–H and O–H groups in total. The number of piperidine rings is 1. The molecule has 0 radical (unpaired) electrons. The topological polar surface area (TPSA) is 58.6 Å². The highest BCUT2D eigenvalue weighted by Gasteiger charge is 2.26. The van der Waals surface area contributed by atoms with Crippen LogP contribution in [0.25, 0.3) is 0 Å². The predicted molar refractivity (Wildman–Crippen MR) is 105 cm³/mol. The first-order chi connectivity index (χ1) is 13.2. The maximum absolute atomic E-state index is 12.6. The summed E-state index contributed by atoms with van der Waals surface area (Å²) in [5, 5.41) is 2.98. The lowest BCUT2D eigenvalue weighted by Crippen LogP contribution is -2.40. The van der Waals surface area contributed by atoms with Gasteiger partial charge < -0.3 is 15.0 Å². The van der Waals surface area contributed by atoms with Gasteiger partial charge in [-0.2, -0.15) is 0 Å². The Kier molecular flexibility index (Phi) is 6.91. The van der Waals surface area contributed by atoms with Gasteiger partial charge in [0, 0.05) is 31.6 Å². The zero-order valence-corrected chi connectivity index (χ0v) is 16.2. The van der Waals surface area contributed by atoms with Crippen molar-refractivity contribution in [2.75, 3.05) is 20.2 Å². The van der Waals surface area contributed by atoms with Crippen LogP contribution >= 0.6 is 0 Å². The van der Waals surface area contributed by atoms with Crippen LogP contribution in [0.2, 0.25) is 0 Å². The molecule has 1 aliphatic heterocycles. The number of methoxy groups -OCH3 is 1. The fourth-order valence-corrected chi connectivity index (χ4v) is 3.96. The zero-order valence-electron chi connectivity index (χ0n) is 16.2. The van der Waals surface area contributed by atoms with E-state index in [0.717, 1.165) is 68.5 Å². The van der Waals surface area contributed by atoms with Gasteiger partial charge in [-0.1, -0.05) is 18.2 Å². The molecular weight excluding hydrogens is 340 g/mol. The molecule has 2 aliphatic rings. The molecule has 0 aromatic heterocycles. The van der Waals surface area contributed by atoms with Crippen LogP contribution in [-0.4, -0.2) is 36.9 Å². The highest BCUT2D eigenvalue weighted by molar-refractivity contribution is 5.93. The number of rotatable bonds is 7. The van der Waals surface area contributed by atoms with Crippen molar-refractivity contribution in [3.8, 4) is 5.75 Å². The average molecular weight is 370 g/mol. The molecule has 1 aromatic rings. The Morgan fingerprint density at radius 3 is 2.96 bits per heavy atom. The van der Waals surface area contributed by atoms with Crippen molar-refractivity contribution in [1.29, 1.82) is 0 Å². The molecule has 0 bridgehead atoms. The van der Waals surface area contributed by atoms with Gasteiger partial charge in [-0.15, -0.1) is 0 Å². The Hall–Kier alpha value is -2.30. The molecule has 1 heterocycles. The Bertz CT molecular complexity index is 699. The van der Waals surface area contributed by atoms with Crippen molar-refractivity contribution in [1.82, 2.24) is 10.2 Å². The molecule has 5 nitrogen and oxygen atoms in total. The lowest BCUT2D eigenvalue weighted by atomic mass is 9.92. The fraction of sp³-hybridized carbons (Fsp3) is 0.545. The third-order valence-electron chi connectivity index (χ3n) is 5.53. The Morgan fingerprint density at radius 1 is 1.30 bits per heavy atom. The van der Waals surface area contributed by atoms with E-state index in [4.69, 9.17) is 4.74 Å². The molecule has 0 saturated carbocycles. The van der Waals surface area contributed by atoms with E-state index in [-0.39, 0.29) is 11.8 Å². The second-order valence-corrected chi connectivity index (χ2v) is 7.55. The Morgan fingerprint density at radius 2 is 2.19 bits per heavy atom. The number of hydrogen-bond donors (Lipinski definition) is 1. The van der Waals surface area contributed by atoms with Crippen molar-refractivity contribution in [2.24, 2.45) is 5.92 Å². The number of carbonyl (C=O) groups excluding carboxylic acids is 2. The van der Waals surface area contributed by atoms with E-state index in [0.29, 0.717) is 18.9 Å². The van der Waals surface area contributed by atoms with Crippen LogP contribution in [0.4, 0.5) is 0 Å². The van der Waals surface area contributed by atoms with Crippen LogP contribution in [-0.2, 0) is 16.1 Å². The third kappa shape index (κ3) is 5.59. The minimum Gasteiger partial charge on any atom is -0.497 e. The number of nitrogens with zero attached hydrogens (tertiary/aromatic N) is 1. The Labute approximate surface area is 161 Å². The summed E-state index contributed by atoms with van der Waals surface area (Å²) in [6.45, 7) is 2.16. The van der Waals surface area contributed by atoms with Crippen LogP contribution in [0.1, 0.15) is 50.5 Å². The lowest BCUT2D eigenvalue weighted by Gasteiger charge is -2.33. The standard InChI is InChI=1S/C22H30N2O3/c1-27-20-10-4-6-18(14-20)15-23-21(25)12-11-17-7-5-13-24(16-17)22(26)19-8-2-3-9-19/h4,6,8,10,14,17H,2-3,5,7,9,11-13,15-16H2,1H3,(H,23,25)/t17-/m0/s1. The van der Waals surface area contributed by atoms with Crippen molar-refractivity contribution < 1.29 is 14.3 Å². The van der Waals surface area contributed by atoms with Gasteiger partial charge in [-0.05, 0) is 62.1 Å². The largest absolute Gasteiger partial charge is 0.497 e. The van der Waals surface area contributed by atoms with Gasteiger partial charge >= 0.3 is 0 Å². The highest BCUT2D eigenvalue weighted by atomic mass is 16.5. The molecule has 1 aliphatic carbocycles. The molecule has 1 saturated heterocycles. The van der Waals surface area contributed by atoms with Crippen LogP contribution in [0.3, 0.4) is 0 Å². The third-order valence-corrected chi connectivity index (χ3v) is 5.53. The molecule has 0 unspecified atom stereocenters. The number of allylic oxidation sites excluding steroid dienone is 1. The van der Waals surface area contributed by atoms with Gasteiger partial charge in [0.1, 0.15) is 5.75 Å². The minimum atomic E-state index is 0.0692.